The normalized spacial score (nSPS) is 10.1. The van der Waals surface area contributed by atoms with E-state index in [0.29, 0.717) is 18.8 Å². The Morgan fingerprint density at radius 1 is 1.56 bits per heavy atom. The van der Waals surface area contributed by atoms with Crippen LogP contribution in [0.5, 0.6) is 5.75 Å². The third kappa shape index (κ3) is 3.18. The van der Waals surface area contributed by atoms with Crippen molar-refractivity contribution in [3.63, 3.8) is 0 Å². The van der Waals surface area contributed by atoms with Crippen molar-refractivity contribution in [1.82, 2.24) is 0 Å². The van der Waals surface area contributed by atoms with Gasteiger partial charge in [0.2, 0.25) is 0 Å². The zero-order chi connectivity index (χ0) is 12.0. The van der Waals surface area contributed by atoms with Gasteiger partial charge in [-0.3, -0.25) is 10.1 Å². The van der Waals surface area contributed by atoms with E-state index in [-0.39, 0.29) is 12.3 Å². The molecule has 0 fully saturated rings. The highest BCUT2D eigenvalue weighted by Gasteiger charge is 2.12. The molecule has 0 heterocycles. The minimum absolute atomic E-state index is 0.0493. The lowest BCUT2D eigenvalue weighted by Gasteiger charge is -2.06. The van der Waals surface area contributed by atoms with Crippen molar-refractivity contribution in [1.29, 1.82) is 0 Å². The number of non-ortho nitro benzene ring substituents is 1. The topological polar surface area (TPSA) is 89.2 Å². The number of aliphatic hydroxyl groups is 1. The van der Waals surface area contributed by atoms with Crippen molar-refractivity contribution in [3.8, 4) is 5.75 Å². The molecular formula is C10H15N2O4+. The van der Waals surface area contributed by atoms with Crippen molar-refractivity contribution in [3.05, 3.63) is 33.9 Å². The Balaban J connectivity index is 2.84. The molecule has 0 aliphatic heterocycles. The average Bonchev–Trinajstić information content (AvgIpc) is 2.29. The average molecular weight is 227 g/mol. The van der Waals surface area contributed by atoms with Crippen LogP contribution >= 0.6 is 0 Å². The highest BCUT2D eigenvalue weighted by atomic mass is 16.6. The lowest BCUT2D eigenvalue weighted by Crippen LogP contribution is -2.83. The van der Waals surface area contributed by atoms with Crippen LogP contribution in [-0.4, -0.2) is 30.3 Å². The molecule has 0 saturated carbocycles. The van der Waals surface area contributed by atoms with Crippen LogP contribution in [0.1, 0.15) is 5.56 Å². The molecule has 1 aromatic carbocycles. The van der Waals surface area contributed by atoms with Gasteiger partial charge in [-0.05, 0) is 6.07 Å². The van der Waals surface area contributed by atoms with Crippen LogP contribution in [0.4, 0.5) is 5.69 Å². The second kappa shape index (κ2) is 6.04. The number of rotatable bonds is 6. The smallest absolute Gasteiger partial charge is 0.270 e. The van der Waals surface area contributed by atoms with Crippen LogP contribution in [0.2, 0.25) is 0 Å². The zero-order valence-electron chi connectivity index (χ0n) is 9.05. The van der Waals surface area contributed by atoms with Crippen molar-refractivity contribution < 1.29 is 20.1 Å². The van der Waals surface area contributed by atoms with Crippen molar-refractivity contribution in [2.24, 2.45) is 0 Å². The highest BCUT2D eigenvalue weighted by Crippen LogP contribution is 2.22. The van der Waals surface area contributed by atoms with Crippen LogP contribution in [0, 0.1) is 10.1 Å². The van der Waals surface area contributed by atoms with E-state index in [9.17, 15) is 10.1 Å². The molecular weight excluding hydrogens is 212 g/mol. The van der Waals surface area contributed by atoms with Gasteiger partial charge in [0.15, 0.2) is 0 Å². The predicted octanol–water partition coefficient (Wildman–Crippen LogP) is -0.341. The minimum Gasteiger partial charge on any atom is -0.496 e. The summed E-state index contributed by atoms with van der Waals surface area (Å²) in [6, 6.07) is 4.49. The van der Waals surface area contributed by atoms with Gasteiger partial charge in [-0.25, -0.2) is 0 Å². The SMILES string of the molecule is COc1ccc([N+](=O)[O-])cc1C[NH2+]CCO. The first-order valence-electron chi connectivity index (χ1n) is 4.93. The van der Waals surface area contributed by atoms with Gasteiger partial charge in [-0.15, -0.1) is 0 Å². The van der Waals surface area contributed by atoms with Crippen LogP contribution in [0.25, 0.3) is 0 Å². The third-order valence-corrected chi connectivity index (χ3v) is 2.17. The summed E-state index contributed by atoms with van der Waals surface area (Å²) < 4.78 is 5.11. The monoisotopic (exact) mass is 227 g/mol. The molecule has 3 N–H and O–H groups in total. The van der Waals surface area contributed by atoms with Crippen LogP contribution < -0.4 is 10.1 Å². The number of benzene rings is 1. The number of quaternary nitrogens is 1. The summed E-state index contributed by atoms with van der Waals surface area (Å²) >= 11 is 0. The third-order valence-electron chi connectivity index (χ3n) is 2.17. The Kier molecular flexibility index (Phi) is 4.68. The maximum Gasteiger partial charge on any atom is 0.270 e. The Labute approximate surface area is 93.0 Å². The second-order valence-corrected chi connectivity index (χ2v) is 3.26. The summed E-state index contributed by atoms with van der Waals surface area (Å²) in [5.41, 5.74) is 0.804. The molecule has 1 rings (SSSR count). The van der Waals surface area contributed by atoms with E-state index >= 15 is 0 Å². The van der Waals surface area contributed by atoms with E-state index in [2.05, 4.69) is 0 Å². The van der Waals surface area contributed by atoms with Gasteiger partial charge in [-0.2, -0.15) is 0 Å². The maximum absolute atomic E-state index is 10.6. The first kappa shape index (κ1) is 12.4. The molecule has 0 aromatic heterocycles. The summed E-state index contributed by atoms with van der Waals surface area (Å²) in [4.78, 5) is 10.2. The molecule has 6 nitrogen and oxygen atoms in total. The summed E-state index contributed by atoms with van der Waals surface area (Å²) in [7, 11) is 1.52. The van der Waals surface area contributed by atoms with Crippen LogP contribution in [0.15, 0.2) is 18.2 Å². The molecule has 0 amide bonds. The molecule has 0 radical (unpaired) electrons. The zero-order valence-corrected chi connectivity index (χ0v) is 9.05. The fraction of sp³-hybridized carbons (Fsp3) is 0.400. The van der Waals surface area contributed by atoms with Crippen molar-refractivity contribution >= 4 is 5.69 Å². The Morgan fingerprint density at radius 3 is 2.88 bits per heavy atom. The largest absolute Gasteiger partial charge is 0.496 e. The van der Waals surface area contributed by atoms with Gasteiger partial charge in [-0.1, -0.05) is 0 Å². The summed E-state index contributed by atoms with van der Waals surface area (Å²) in [6.07, 6.45) is 0. The Bertz CT molecular complexity index is 368. The highest BCUT2D eigenvalue weighted by molar-refractivity contribution is 5.43. The predicted molar refractivity (Wildman–Crippen MR) is 57.2 cm³/mol. The van der Waals surface area contributed by atoms with E-state index in [1.165, 1.54) is 19.2 Å². The number of ether oxygens (including phenoxy) is 1. The second-order valence-electron chi connectivity index (χ2n) is 3.26. The number of nitrogens with two attached hydrogens (primary N) is 1. The Morgan fingerprint density at radius 2 is 2.31 bits per heavy atom. The first-order chi connectivity index (χ1) is 7.69. The lowest BCUT2D eigenvalue weighted by atomic mass is 10.1. The standard InChI is InChI=1S/C10H14N2O4/c1-16-10-3-2-9(12(14)15)6-8(10)7-11-4-5-13/h2-3,6,11,13H,4-5,7H2,1H3/p+1. The summed E-state index contributed by atoms with van der Waals surface area (Å²) in [5, 5.41) is 21.1. The molecule has 88 valence electrons. The van der Waals surface area contributed by atoms with Gasteiger partial charge in [0.05, 0.1) is 30.7 Å². The first-order valence-corrected chi connectivity index (χ1v) is 4.93. The number of nitro groups is 1. The van der Waals surface area contributed by atoms with E-state index in [0.717, 1.165) is 5.56 Å². The van der Waals surface area contributed by atoms with Gasteiger partial charge < -0.3 is 15.2 Å². The van der Waals surface area contributed by atoms with Crippen molar-refractivity contribution in [2.75, 3.05) is 20.3 Å². The van der Waals surface area contributed by atoms with Crippen LogP contribution in [-0.2, 0) is 6.54 Å². The molecule has 0 bridgehead atoms. The molecule has 0 saturated heterocycles. The maximum atomic E-state index is 10.6. The molecule has 6 heteroatoms. The van der Waals surface area contributed by atoms with E-state index in [1.54, 1.807) is 6.07 Å². The number of hydrogen-bond acceptors (Lipinski definition) is 4. The molecule has 0 spiro atoms. The Hall–Kier alpha value is -1.66. The number of methoxy groups -OCH3 is 1. The van der Waals surface area contributed by atoms with Crippen LogP contribution in [0.3, 0.4) is 0 Å². The summed E-state index contributed by atoms with van der Waals surface area (Å²) in [6.45, 7) is 1.19. The van der Waals surface area contributed by atoms with Gasteiger partial charge >= 0.3 is 0 Å². The lowest BCUT2D eigenvalue weighted by molar-refractivity contribution is -0.671. The number of hydrogen-bond donors (Lipinski definition) is 2. The van der Waals surface area contributed by atoms with Gasteiger partial charge in [0.1, 0.15) is 12.3 Å². The molecule has 0 aliphatic rings. The van der Waals surface area contributed by atoms with E-state index in [4.69, 9.17) is 9.84 Å². The van der Waals surface area contributed by atoms with E-state index in [1.807, 2.05) is 5.32 Å². The molecule has 16 heavy (non-hydrogen) atoms. The van der Waals surface area contributed by atoms with Gasteiger partial charge in [0.25, 0.3) is 5.69 Å². The molecule has 0 aliphatic carbocycles. The fourth-order valence-electron chi connectivity index (χ4n) is 1.39. The fourth-order valence-corrected chi connectivity index (χ4v) is 1.39. The van der Waals surface area contributed by atoms with E-state index < -0.39 is 4.92 Å². The summed E-state index contributed by atoms with van der Waals surface area (Å²) in [5.74, 6) is 0.625. The molecule has 1 aromatic rings. The van der Waals surface area contributed by atoms with Gasteiger partial charge in [0, 0.05) is 12.1 Å². The number of nitro benzene ring substituents is 1. The molecule has 0 unspecified atom stereocenters. The van der Waals surface area contributed by atoms with Crippen molar-refractivity contribution in [2.45, 2.75) is 6.54 Å². The number of nitrogens with zero attached hydrogens (tertiary/aromatic N) is 1. The quantitative estimate of drug-likeness (QED) is 0.395. The number of aliphatic hydroxyl groups excluding tert-OH is 1. The molecule has 0 atom stereocenters. The minimum atomic E-state index is -0.436.